The summed E-state index contributed by atoms with van der Waals surface area (Å²) in [6.45, 7) is 3.61. The molecule has 0 aromatic heterocycles. The van der Waals surface area contributed by atoms with Gasteiger partial charge >= 0.3 is 0 Å². The Morgan fingerprint density at radius 3 is 2.53 bits per heavy atom. The summed E-state index contributed by atoms with van der Waals surface area (Å²) in [6, 6.07) is 3.20. The van der Waals surface area contributed by atoms with Gasteiger partial charge in [0.05, 0.1) is 10.9 Å². The lowest BCUT2D eigenvalue weighted by Crippen LogP contribution is -2.40. The average molecular weight is 286 g/mol. The van der Waals surface area contributed by atoms with Crippen LogP contribution in [0.25, 0.3) is 0 Å². The quantitative estimate of drug-likeness (QED) is 0.815. The molecular formula is C13H16F2N2OS. The average Bonchev–Trinajstić information content (AvgIpc) is 2.26. The number of hydrogen-bond donors (Lipinski definition) is 2. The third-order valence-electron chi connectivity index (χ3n) is 2.72. The Labute approximate surface area is 116 Å². The number of thiocarbonyl (C=S) groups is 1. The second kappa shape index (κ2) is 6.56. The first-order valence-corrected chi connectivity index (χ1v) is 6.24. The highest BCUT2D eigenvalue weighted by molar-refractivity contribution is 7.80. The lowest BCUT2D eigenvalue weighted by atomic mass is 9.95. The molecule has 6 heteroatoms. The van der Waals surface area contributed by atoms with E-state index in [1.165, 1.54) is 6.07 Å². The van der Waals surface area contributed by atoms with E-state index in [-0.39, 0.29) is 28.9 Å². The topological polar surface area (TPSA) is 55.1 Å². The van der Waals surface area contributed by atoms with Crippen molar-refractivity contribution < 1.29 is 13.6 Å². The summed E-state index contributed by atoms with van der Waals surface area (Å²) >= 11 is 4.84. The van der Waals surface area contributed by atoms with Gasteiger partial charge in [0, 0.05) is 18.2 Å². The zero-order valence-electron chi connectivity index (χ0n) is 10.7. The van der Waals surface area contributed by atoms with Crippen molar-refractivity contribution in [2.75, 3.05) is 0 Å². The number of hydrogen-bond acceptors (Lipinski definition) is 2. The number of rotatable bonds is 5. The van der Waals surface area contributed by atoms with Gasteiger partial charge < -0.3 is 11.1 Å². The van der Waals surface area contributed by atoms with Crippen molar-refractivity contribution in [1.29, 1.82) is 0 Å². The van der Waals surface area contributed by atoms with E-state index in [0.717, 1.165) is 12.1 Å². The van der Waals surface area contributed by atoms with E-state index in [1.807, 2.05) is 13.8 Å². The predicted octanol–water partition coefficient (Wildman–Crippen LogP) is 2.14. The number of benzene rings is 1. The Kier molecular flexibility index (Phi) is 5.35. The van der Waals surface area contributed by atoms with E-state index in [0.29, 0.717) is 0 Å². The maximum Gasteiger partial charge on any atom is 0.230 e. The Hall–Kier alpha value is -1.56. The monoisotopic (exact) mass is 286 g/mol. The predicted molar refractivity (Wildman–Crippen MR) is 73.3 cm³/mol. The number of halogens is 2. The summed E-state index contributed by atoms with van der Waals surface area (Å²) in [6.07, 6.45) is 0. The summed E-state index contributed by atoms with van der Waals surface area (Å²) in [5, 5.41) is 2.55. The van der Waals surface area contributed by atoms with Crippen LogP contribution < -0.4 is 11.1 Å². The van der Waals surface area contributed by atoms with Crippen LogP contribution >= 0.6 is 12.2 Å². The Morgan fingerprint density at radius 1 is 1.42 bits per heavy atom. The van der Waals surface area contributed by atoms with Gasteiger partial charge in [0.25, 0.3) is 0 Å². The number of nitrogens with one attached hydrogen (secondary N) is 1. The van der Waals surface area contributed by atoms with Crippen LogP contribution in [-0.4, -0.2) is 10.9 Å². The smallest absolute Gasteiger partial charge is 0.230 e. The van der Waals surface area contributed by atoms with Crippen molar-refractivity contribution in [3.05, 3.63) is 35.4 Å². The van der Waals surface area contributed by atoms with Gasteiger partial charge in [0.15, 0.2) is 0 Å². The van der Waals surface area contributed by atoms with E-state index in [9.17, 15) is 13.6 Å². The molecule has 104 valence electrons. The molecule has 3 N–H and O–H groups in total. The minimum atomic E-state index is -0.697. The largest absolute Gasteiger partial charge is 0.393 e. The van der Waals surface area contributed by atoms with Crippen LogP contribution in [0.2, 0.25) is 0 Å². The molecule has 0 radical (unpaired) electrons. The van der Waals surface area contributed by atoms with Gasteiger partial charge in [-0.1, -0.05) is 32.1 Å². The molecule has 0 saturated carbocycles. The lowest BCUT2D eigenvalue weighted by molar-refractivity contribution is -0.124. The first kappa shape index (κ1) is 15.5. The van der Waals surface area contributed by atoms with E-state index >= 15 is 0 Å². The van der Waals surface area contributed by atoms with Gasteiger partial charge in [-0.2, -0.15) is 0 Å². The summed E-state index contributed by atoms with van der Waals surface area (Å²) in [4.78, 5) is 12.0. The Balaban J connectivity index is 2.70. The molecule has 19 heavy (non-hydrogen) atoms. The molecule has 1 unspecified atom stereocenters. The number of nitrogens with two attached hydrogens (primary N) is 1. The molecule has 1 rings (SSSR count). The lowest BCUT2D eigenvalue weighted by Gasteiger charge is -2.18. The van der Waals surface area contributed by atoms with Crippen molar-refractivity contribution >= 4 is 23.1 Å². The van der Waals surface area contributed by atoms with E-state index in [2.05, 4.69) is 5.32 Å². The van der Waals surface area contributed by atoms with Gasteiger partial charge in [-0.3, -0.25) is 4.79 Å². The zero-order chi connectivity index (χ0) is 14.6. The molecule has 0 spiro atoms. The van der Waals surface area contributed by atoms with Crippen LogP contribution in [0.1, 0.15) is 19.4 Å². The zero-order valence-corrected chi connectivity index (χ0v) is 11.6. The molecule has 1 amide bonds. The fourth-order valence-corrected chi connectivity index (χ4v) is 2.10. The minimum Gasteiger partial charge on any atom is -0.393 e. The number of carbonyl (C=O) groups is 1. The second-order valence-electron chi connectivity index (χ2n) is 4.58. The maximum absolute atomic E-state index is 13.4. The van der Waals surface area contributed by atoms with Crippen molar-refractivity contribution in [2.45, 2.75) is 20.4 Å². The van der Waals surface area contributed by atoms with Gasteiger partial charge in [0.2, 0.25) is 5.91 Å². The third-order valence-corrected chi connectivity index (χ3v) is 2.98. The molecule has 1 aromatic carbocycles. The molecule has 1 aromatic rings. The molecule has 0 aliphatic carbocycles. The van der Waals surface area contributed by atoms with E-state index < -0.39 is 17.6 Å². The maximum atomic E-state index is 13.4. The Bertz CT molecular complexity index is 492. The van der Waals surface area contributed by atoms with Crippen LogP contribution in [0.3, 0.4) is 0 Å². The highest BCUT2D eigenvalue weighted by atomic mass is 32.1. The summed E-state index contributed by atoms with van der Waals surface area (Å²) < 4.78 is 26.1. The third kappa shape index (κ3) is 4.24. The molecule has 0 fully saturated rings. The van der Waals surface area contributed by atoms with Gasteiger partial charge in [-0.05, 0) is 12.0 Å². The van der Waals surface area contributed by atoms with Gasteiger partial charge in [0.1, 0.15) is 11.6 Å². The van der Waals surface area contributed by atoms with Gasteiger partial charge in [-0.15, -0.1) is 0 Å². The summed E-state index contributed by atoms with van der Waals surface area (Å²) in [5.74, 6) is -2.35. The Morgan fingerprint density at radius 2 is 2.05 bits per heavy atom. The van der Waals surface area contributed by atoms with E-state index in [1.54, 1.807) is 0 Å². The highest BCUT2D eigenvalue weighted by Gasteiger charge is 2.24. The fourth-order valence-electron chi connectivity index (χ4n) is 1.72. The standard InChI is InChI=1S/C13H16F2N2OS/c1-7(2)11(12(16)19)13(18)17-6-8-3-4-9(14)5-10(8)15/h3-5,7,11H,6H2,1-2H3,(H2,16,19)(H,17,18). The van der Waals surface area contributed by atoms with Crippen LogP contribution in [0.15, 0.2) is 18.2 Å². The number of amides is 1. The van der Waals surface area contributed by atoms with Crippen molar-refractivity contribution in [3.63, 3.8) is 0 Å². The molecule has 1 atom stereocenters. The fraction of sp³-hybridized carbons (Fsp3) is 0.385. The first-order chi connectivity index (χ1) is 8.82. The molecule has 0 heterocycles. The first-order valence-electron chi connectivity index (χ1n) is 5.84. The second-order valence-corrected chi connectivity index (χ2v) is 5.05. The normalized spacial score (nSPS) is 12.3. The summed E-state index contributed by atoms with van der Waals surface area (Å²) in [5.41, 5.74) is 5.71. The molecule has 0 aliphatic rings. The summed E-state index contributed by atoms with van der Waals surface area (Å²) in [7, 11) is 0. The molecule has 0 saturated heterocycles. The van der Waals surface area contributed by atoms with Crippen LogP contribution in [0.5, 0.6) is 0 Å². The minimum absolute atomic E-state index is 0.0310. The molecule has 0 bridgehead atoms. The van der Waals surface area contributed by atoms with Crippen LogP contribution in [0.4, 0.5) is 8.78 Å². The van der Waals surface area contributed by atoms with Crippen molar-refractivity contribution in [3.8, 4) is 0 Å². The van der Waals surface area contributed by atoms with E-state index in [4.69, 9.17) is 18.0 Å². The molecular weight excluding hydrogens is 270 g/mol. The van der Waals surface area contributed by atoms with Crippen molar-refractivity contribution in [1.82, 2.24) is 5.32 Å². The number of carbonyl (C=O) groups excluding carboxylic acids is 1. The van der Waals surface area contributed by atoms with Crippen LogP contribution in [-0.2, 0) is 11.3 Å². The van der Waals surface area contributed by atoms with Crippen molar-refractivity contribution in [2.24, 2.45) is 17.6 Å². The molecule has 0 aliphatic heterocycles. The molecule has 3 nitrogen and oxygen atoms in total. The highest BCUT2D eigenvalue weighted by Crippen LogP contribution is 2.13. The van der Waals surface area contributed by atoms with Gasteiger partial charge in [-0.25, -0.2) is 8.78 Å². The SMILES string of the molecule is CC(C)C(C(=O)NCc1ccc(F)cc1F)C(N)=S. The van der Waals surface area contributed by atoms with Crippen LogP contribution in [0, 0.1) is 23.5 Å².